The van der Waals surface area contributed by atoms with Crippen molar-refractivity contribution in [2.24, 2.45) is 0 Å². The van der Waals surface area contributed by atoms with Crippen LogP contribution >= 0.6 is 27.5 Å². The number of methoxy groups -OCH3 is 1. The molecular weight excluding hydrogens is 356 g/mol. The van der Waals surface area contributed by atoms with Gasteiger partial charge in [-0.15, -0.1) is 0 Å². The largest absolute Gasteiger partial charge is 0.495 e. The molecule has 0 atom stereocenters. The minimum Gasteiger partial charge on any atom is -0.495 e. The van der Waals surface area contributed by atoms with Gasteiger partial charge >= 0.3 is 0 Å². The van der Waals surface area contributed by atoms with E-state index in [9.17, 15) is 4.79 Å². The van der Waals surface area contributed by atoms with Gasteiger partial charge in [-0.05, 0) is 36.8 Å². The number of ether oxygens (including phenoxy) is 1. The topological polar surface area (TPSA) is 64.3 Å². The van der Waals surface area contributed by atoms with Gasteiger partial charge < -0.3 is 15.8 Å². The highest BCUT2D eigenvalue weighted by atomic mass is 79.9. The van der Waals surface area contributed by atoms with Crippen LogP contribution in [0.1, 0.15) is 15.9 Å². The van der Waals surface area contributed by atoms with Gasteiger partial charge in [0.15, 0.2) is 0 Å². The molecule has 2 aromatic rings. The zero-order valence-corrected chi connectivity index (χ0v) is 13.9. The van der Waals surface area contributed by atoms with Gasteiger partial charge in [-0.1, -0.05) is 33.6 Å². The Kier molecular flexibility index (Phi) is 4.75. The SMILES string of the molecule is COc1cc(Br)cc(C)c1NC(=O)c1cccc(N)c1Cl. The molecule has 1 amide bonds. The molecule has 0 aromatic heterocycles. The van der Waals surface area contributed by atoms with Gasteiger partial charge in [-0.25, -0.2) is 0 Å². The van der Waals surface area contributed by atoms with E-state index in [1.54, 1.807) is 31.4 Å². The first-order valence-electron chi connectivity index (χ1n) is 6.13. The number of nitrogens with one attached hydrogen (secondary N) is 1. The van der Waals surface area contributed by atoms with Crippen molar-refractivity contribution in [2.75, 3.05) is 18.2 Å². The summed E-state index contributed by atoms with van der Waals surface area (Å²) in [6, 6.07) is 8.61. The third-order valence-electron chi connectivity index (χ3n) is 3.00. The van der Waals surface area contributed by atoms with Crippen molar-refractivity contribution < 1.29 is 9.53 Å². The molecule has 6 heteroatoms. The van der Waals surface area contributed by atoms with Crippen molar-refractivity contribution in [1.29, 1.82) is 0 Å². The molecule has 0 radical (unpaired) electrons. The molecule has 21 heavy (non-hydrogen) atoms. The lowest BCUT2D eigenvalue weighted by Crippen LogP contribution is -2.14. The van der Waals surface area contributed by atoms with Crippen LogP contribution in [0.3, 0.4) is 0 Å². The van der Waals surface area contributed by atoms with Crippen LogP contribution in [0.15, 0.2) is 34.8 Å². The number of hydrogen-bond acceptors (Lipinski definition) is 3. The highest BCUT2D eigenvalue weighted by molar-refractivity contribution is 9.10. The molecule has 0 fully saturated rings. The van der Waals surface area contributed by atoms with E-state index < -0.39 is 0 Å². The number of hydrogen-bond donors (Lipinski definition) is 2. The Morgan fingerprint density at radius 1 is 1.38 bits per heavy atom. The Morgan fingerprint density at radius 2 is 2.10 bits per heavy atom. The minimum atomic E-state index is -0.337. The smallest absolute Gasteiger partial charge is 0.257 e. The van der Waals surface area contributed by atoms with Gasteiger partial charge in [0.2, 0.25) is 0 Å². The highest BCUT2D eigenvalue weighted by Crippen LogP contribution is 2.33. The zero-order chi connectivity index (χ0) is 15.6. The molecule has 2 rings (SSSR count). The van der Waals surface area contributed by atoms with Crippen molar-refractivity contribution in [3.63, 3.8) is 0 Å². The van der Waals surface area contributed by atoms with E-state index in [0.29, 0.717) is 22.7 Å². The number of aryl methyl sites for hydroxylation is 1. The molecule has 0 saturated heterocycles. The van der Waals surface area contributed by atoms with E-state index in [0.717, 1.165) is 10.0 Å². The molecule has 110 valence electrons. The lowest BCUT2D eigenvalue weighted by Gasteiger charge is -2.14. The first-order valence-corrected chi connectivity index (χ1v) is 7.30. The van der Waals surface area contributed by atoms with Crippen LogP contribution in [0.2, 0.25) is 5.02 Å². The highest BCUT2D eigenvalue weighted by Gasteiger charge is 2.16. The molecule has 0 heterocycles. The Labute approximate surface area is 136 Å². The number of carbonyl (C=O) groups excluding carboxylic acids is 1. The minimum absolute atomic E-state index is 0.240. The third kappa shape index (κ3) is 3.31. The Bertz CT molecular complexity index is 704. The number of rotatable bonds is 3. The molecule has 0 spiro atoms. The van der Waals surface area contributed by atoms with Crippen molar-refractivity contribution in [3.8, 4) is 5.75 Å². The molecular formula is C15H14BrClN2O2. The summed E-state index contributed by atoms with van der Waals surface area (Å²) in [6.45, 7) is 1.88. The molecule has 0 aliphatic rings. The Morgan fingerprint density at radius 3 is 2.76 bits per heavy atom. The number of nitrogen functional groups attached to an aromatic ring is 1. The third-order valence-corrected chi connectivity index (χ3v) is 3.88. The van der Waals surface area contributed by atoms with E-state index in [-0.39, 0.29) is 10.9 Å². The maximum Gasteiger partial charge on any atom is 0.257 e. The lowest BCUT2D eigenvalue weighted by molar-refractivity contribution is 0.102. The quantitative estimate of drug-likeness (QED) is 0.795. The van der Waals surface area contributed by atoms with E-state index in [4.69, 9.17) is 22.1 Å². The second-order valence-electron chi connectivity index (χ2n) is 4.46. The van der Waals surface area contributed by atoms with Gasteiger partial charge in [0.05, 0.1) is 29.1 Å². The van der Waals surface area contributed by atoms with E-state index in [1.807, 2.05) is 13.0 Å². The van der Waals surface area contributed by atoms with Gasteiger partial charge in [0.25, 0.3) is 5.91 Å². The average molecular weight is 370 g/mol. The second kappa shape index (κ2) is 6.37. The zero-order valence-electron chi connectivity index (χ0n) is 11.5. The molecule has 0 aliphatic heterocycles. The van der Waals surface area contributed by atoms with Crippen LogP contribution < -0.4 is 15.8 Å². The molecule has 4 nitrogen and oxygen atoms in total. The summed E-state index contributed by atoms with van der Waals surface area (Å²) in [6.07, 6.45) is 0. The van der Waals surface area contributed by atoms with E-state index in [1.165, 1.54) is 0 Å². The first-order chi connectivity index (χ1) is 9.93. The molecule has 3 N–H and O–H groups in total. The van der Waals surface area contributed by atoms with Crippen molar-refractivity contribution >= 4 is 44.8 Å². The maximum atomic E-state index is 12.4. The van der Waals surface area contributed by atoms with Crippen molar-refractivity contribution in [3.05, 3.63) is 51.0 Å². The summed E-state index contributed by atoms with van der Waals surface area (Å²) in [4.78, 5) is 12.4. The monoisotopic (exact) mass is 368 g/mol. The van der Waals surface area contributed by atoms with Crippen molar-refractivity contribution in [1.82, 2.24) is 0 Å². The standard InChI is InChI=1S/C15H14BrClN2O2/c1-8-6-9(16)7-12(21-2)14(8)19-15(20)10-4-3-5-11(18)13(10)17/h3-7H,18H2,1-2H3,(H,19,20). The fraction of sp³-hybridized carbons (Fsp3) is 0.133. The summed E-state index contributed by atoms with van der Waals surface area (Å²) in [5.41, 5.74) is 7.87. The molecule has 2 aromatic carbocycles. The van der Waals surface area contributed by atoms with E-state index >= 15 is 0 Å². The molecule has 0 unspecified atom stereocenters. The van der Waals surface area contributed by atoms with Crippen LogP contribution in [-0.2, 0) is 0 Å². The number of benzene rings is 2. The fourth-order valence-electron chi connectivity index (χ4n) is 1.94. The van der Waals surface area contributed by atoms with Gasteiger partial charge in [-0.3, -0.25) is 4.79 Å². The maximum absolute atomic E-state index is 12.4. The lowest BCUT2D eigenvalue weighted by atomic mass is 10.1. The number of anilines is 2. The van der Waals surface area contributed by atoms with Gasteiger partial charge in [0.1, 0.15) is 5.75 Å². The number of amides is 1. The molecule has 0 saturated carbocycles. The average Bonchev–Trinajstić information content (AvgIpc) is 2.44. The number of nitrogens with two attached hydrogens (primary N) is 1. The summed E-state index contributed by atoms with van der Waals surface area (Å²) >= 11 is 9.46. The predicted molar refractivity (Wildman–Crippen MR) is 89.2 cm³/mol. The van der Waals surface area contributed by atoms with Crippen LogP contribution in [0.4, 0.5) is 11.4 Å². The van der Waals surface area contributed by atoms with Crippen LogP contribution in [-0.4, -0.2) is 13.0 Å². The summed E-state index contributed by atoms with van der Waals surface area (Å²) in [5.74, 6) is 0.228. The van der Waals surface area contributed by atoms with E-state index in [2.05, 4.69) is 21.2 Å². The number of carbonyl (C=O) groups is 1. The van der Waals surface area contributed by atoms with Crippen molar-refractivity contribution in [2.45, 2.75) is 6.92 Å². The van der Waals surface area contributed by atoms with Crippen LogP contribution in [0.5, 0.6) is 5.75 Å². The van der Waals surface area contributed by atoms with Gasteiger partial charge in [-0.2, -0.15) is 0 Å². The van der Waals surface area contributed by atoms with Gasteiger partial charge in [0, 0.05) is 4.47 Å². The first kappa shape index (κ1) is 15.7. The second-order valence-corrected chi connectivity index (χ2v) is 5.76. The summed E-state index contributed by atoms with van der Waals surface area (Å²) in [5, 5.41) is 3.06. The normalized spacial score (nSPS) is 10.3. The summed E-state index contributed by atoms with van der Waals surface area (Å²) in [7, 11) is 1.55. The van der Waals surface area contributed by atoms with Crippen LogP contribution in [0, 0.1) is 6.92 Å². The Balaban J connectivity index is 2.38. The van der Waals surface area contributed by atoms with Crippen LogP contribution in [0.25, 0.3) is 0 Å². The predicted octanol–water partition coefficient (Wildman–Crippen LogP) is 4.25. The number of halogens is 2. The fourth-order valence-corrected chi connectivity index (χ4v) is 2.70. The summed E-state index contributed by atoms with van der Waals surface area (Å²) < 4.78 is 6.17. The Hall–Kier alpha value is -1.72. The molecule has 0 aliphatic carbocycles. The molecule has 0 bridgehead atoms.